The predicted molar refractivity (Wildman–Crippen MR) is 87.0 cm³/mol. The van der Waals surface area contributed by atoms with Gasteiger partial charge in [-0.1, -0.05) is 46.6 Å². The van der Waals surface area contributed by atoms with Crippen LogP contribution in [0.5, 0.6) is 0 Å². The van der Waals surface area contributed by atoms with Gasteiger partial charge in [0.2, 0.25) is 0 Å². The number of hydrogen-bond acceptors (Lipinski definition) is 3. The van der Waals surface area contributed by atoms with E-state index in [4.69, 9.17) is 10.9 Å². The number of rotatable bonds is 4. The van der Waals surface area contributed by atoms with Crippen molar-refractivity contribution in [1.82, 2.24) is 0 Å². The largest absolute Gasteiger partial charge is 0.409 e. The van der Waals surface area contributed by atoms with Gasteiger partial charge in [-0.3, -0.25) is 0 Å². The number of oxime groups is 1. The highest BCUT2D eigenvalue weighted by molar-refractivity contribution is 5.97. The van der Waals surface area contributed by atoms with Crippen LogP contribution in [0.2, 0.25) is 0 Å². The summed E-state index contributed by atoms with van der Waals surface area (Å²) in [4.78, 5) is 2.14. The highest BCUT2D eigenvalue weighted by Crippen LogP contribution is 2.18. The number of nitrogens with zero attached hydrogens (tertiary/aromatic N) is 2. The third kappa shape index (κ3) is 3.75. The Balaban J connectivity index is 2.22. The molecule has 4 nitrogen and oxygen atoms in total. The smallest absolute Gasteiger partial charge is 0.170 e. The van der Waals surface area contributed by atoms with E-state index >= 15 is 0 Å². The van der Waals surface area contributed by atoms with Crippen molar-refractivity contribution in [3.63, 3.8) is 0 Å². The van der Waals surface area contributed by atoms with E-state index in [0.29, 0.717) is 5.56 Å². The molecular weight excluding hydrogens is 262 g/mol. The van der Waals surface area contributed by atoms with Gasteiger partial charge < -0.3 is 15.8 Å². The van der Waals surface area contributed by atoms with Gasteiger partial charge in [0.05, 0.1) is 0 Å². The van der Waals surface area contributed by atoms with E-state index in [1.807, 2.05) is 31.3 Å². The van der Waals surface area contributed by atoms with Crippen LogP contribution >= 0.6 is 0 Å². The minimum atomic E-state index is 0.122. The Bertz CT molecular complexity index is 645. The number of aryl methyl sites for hydroxylation is 2. The molecule has 0 fully saturated rings. The van der Waals surface area contributed by atoms with Gasteiger partial charge in [0.15, 0.2) is 5.84 Å². The molecule has 0 atom stereocenters. The zero-order valence-corrected chi connectivity index (χ0v) is 12.7. The Labute approximate surface area is 125 Å². The summed E-state index contributed by atoms with van der Waals surface area (Å²) >= 11 is 0. The van der Waals surface area contributed by atoms with Crippen LogP contribution in [0, 0.1) is 13.8 Å². The summed E-state index contributed by atoms with van der Waals surface area (Å²) in [6, 6.07) is 14.2. The van der Waals surface area contributed by atoms with Gasteiger partial charge in [-0.05, 0) is 31.5 Å². The molecular formula is C17H21N3O. The summed E-state index contributed by atoms with van der Waals surface area (Å²) in [5, 5.41) is 11.8. The van der Waals surface area contributed by atoms with Gasteiger partial charge in [0.1, 0.15) is 0 Å². The first-order valence-electron chi connectivity index (χ1n) is 6.86. The van der Waals surface area contributed by atoms with Crippen molar-refractivity contribution >= 4 is 11.5 Å². The van der Waals surface area contributed by atoms with Crippen LogP contribution in [0.15, 0.2) is 47.6 Å². The maximum Gasteiger partial charge on any atom is 0.170 e. The van der Waals surface area contributed by atoms with Gasteiger partial charge in [0.25, 0.3) is 0 Å². The number of anilines is 1. The molecule has 0 radical (unpaired) electrons. The van der Waals surface area contributed by atoms with Gasteiger partial charge >= 0.3 is 0 Å². The van der Waals surface area contributed by atoms with Gasteiger partial charge in [-0.15, -0.1) is 0 Å². The number of nitrogens with two attached hydrogens (primary N) is 1. The monoisotopic (exact) mass is 283 g/mol. The highest BCUT2D eigenvalue weighted by Gasteiger charge is 2.06. The fraction of sp³-hybridized carbons (Fsp3) is 0.235. The van der Waals surface area contributed by atoms with Crippen molar-refractivity contribution in [2.75, 3.05) is 11.9 Å². The predicted octanol–water partition coefficient (Wildman–Crippen LogP) is 3.03. The third-order valence-corrected chi connectivity index (χ3v) is 3.39. The lowest BCUT2D eigenvalue weighted by Crippen LogP contribution is -2.18. The maximum absolute atomic E-state index is 8.76. The standard InChI is InChI=1S/C17H21N3O/c1-12-7-13(2)9-14(8-12)11-20(3)16-6-4-5-15(10-16)17(18)19-21/h4-10,21H,11H2,1-3H3,(H2,18,19). The van der Waals surface area contributed by atoms with Gasteiger partial charge in [-0.25, -0.2) is 0 Å². The first kappa shape index (κ1) is 14.9. The summed E-state index contributed by atoms with van der Waals surface area (Å²) in [6.45, 7) is 5.02. The summed E-state index contributed by atoms with van der Waals surface area (Å²) in [5.74, 6) is 0.122. The first-order chi connectivity index (χ1) is 9.99. The van der Waals surface area contributed by atoms with E-state index in [1.165, 1.54) is 16.7 Å². The summed E-state index contributed by atoms with van der Waals surface area (Å²) in [5.41, 5.74) is 11.2. The summed E-state index contributed by atoms with van der Waals surface area (Å²) < 4.78 is 0. The fourth-order valence-electron chi connectivity index (χ4n) is 2.49. The highest BCUT2D eigenvalue weighted by atomic mass is 16.4. The van der Waals surface area contributed by atoms with Crippen molar-refractivity contribution in [2.45, 2.75) is 20.4 Å². The zero-order valence-electron chi connectivity index (χ0n) is 12.7. The molecule has 0 unspecified atom stereocenters. The van der Waals surface area contributed by atoms with E-state index < -0.39 is 0 Å². The summed E-state index contributed by atoms with van der Waals surface area (Å²) in [7, 11) is 2.03. The molecule has 0 aliphatic rings. The van der Waals surface area contributed by atoms with Crippen LogP contribution in [-0.2, 0) is 6.54 Å². The van der Waals surface area contributed by atoms with Crippen molar-refractivity contribution in [3.05, 3.63) is 64.7 Å². The molecule has 21 heavy (non-hydrogen) atoms. The minimum Gasteiger partial charge on any atom is -0.409 e. The molecule has 110 valence electrons. The van der Waals surface area contributed by atoms with Gasteiger partial charge in [0, 0.05) is 24.8 Å². The maximum atomic E-state index is 8.76. The second-order valence-corrected chi connectivity index (χ2v) is 5.39. The topological polar surface area (TPSA) is 61.8 Å². The van der Waals surface area contributed by atoms with Crippen molar-refractivity contribution < 1.29 is 5.21 Å². The van der Waals surface area contributed by atoms with Crippen LogP contribution in [0.4, 0.5) is 5.69 Å². The second-order valence-electron chi connectivity index (χ2n) is 5.39. The van der Waals surface area contributed by atoms with Crippen molar-refractivity contribution in [2.24, 2.45) is 10.9 Å². The first-order valence-corrected chi connectivity index (χ1v) is 6.86. The lowest BCUT2D eigenvalue weighted by molar-refractivity contribution is 0.318. The van der Waals surface area contributed by atoms with Crippen LogP contribution < -0.4 is 10.6 Å². The average molecular weight is 283 g/mol. The Morgan fingerprint density at radius 1 is 1.14 bits per heavy atom. The molecule has 0 aromatic heterocycles. The van der Waals surface area contributed by atoms with E-state index in [2.05, 4.69) is 42.1 Å². The number of hydrogen-bond donors (Lipinski definition) is 2. The number of benzene rings is 2. The molecule has 0 aliphatic carbocycles. The number of amidine groups is 1. The van der Waals surface area contributed by atoms with Gasteiger partial charge in [-0.2, -0.15) is 0 Å². The normalized spacial score (nSPS) is 11.5. The van der Waals surface area contributed by atoms with Crippen LogP contribution in [0.1, 0.15) is 22.3 Å². The Kier molecular flexibility index (Phi) is 4.48. The average Bonchev–Trinajstić information content (AvgIpc) is 2.45. The molecule has 0 saturated carbocycles. The third-order valence-electron chi connectivity index (χ3n) is 3.39. The van der Waals surface area contributed by atoms with E-state index in [0.717, 1.165) is 12.2 Å². The van der Waals surface area contributed by atoms with Crippen molar-refractivity contribution in [3.8, 4) is 0 Å². The lowest BCUT2D eigenvalue weighted by atomic mass is 10.1. The molecule has 4 heteroatoms. The second kappa shape index (κ2) is 6.31. The lowest BCUT2D eigenvalue weighted by Gasteiger charge is -2.20. The summed E-state index contributed by atoms with van der Waals surface area (Å²) in [6.07, 6.45) is 0. The zero-order chi connectivity index (χ0) is 15.4. The minimum absolute atomic E-state index is 0.122. The molecule has 0 saturated heterocycles. The molecule has 2 rings (SSSR count). The Hall–Kier alpha value is -2.49. The molecule has 0 spiro atoms. The molecule has 2 aromatic rings. The van der Waals surface area contributed by atoms with Crippen LogP contribution in [-0.4, -0.2) is 18.1 Å². The quantitative estimate of drug-likeness (QED) is 0.392. The molecule has 0 heterocycles. The molecule has 0 aliphatic heterocycles. The van der Waals surface area contributed by atoms with E-state index in [1.54, 1.807) is 0 Å². The van der Waals surface area contributed by atoms with Crippen LogP contribution in [0.3, 0.4) is 0 Å². The fourth-order valence-corrected chi connectivity index (χ4v) is 2.49. The molecule has 2 aromatic carbocycles. The molecule has 3 N–H and O–H groups in total. The molecule has 0 amide bonds. The molecule has 0 bridgehead atoms. The van der Waals surface area contributed by atoms with Crippen molar-refractivity contribution in [1.29, 1.82) is 0 Å². The SMILES string of the molecule is Cc1cc(C)cc(CN(C)c2cccc(C(N)=NO)c2)c1. The van der Waals surface area contributed by atoms with Crippen LogP contribution in [0.25, 0.3) is 0 Å². The van der Waals surface area contributed by atoms with E-state index in [-0.39, 0.29) is 5.84 Å². The van der Waals surface area contributed by atoms with E-state index in [9.17, 15) is 0 Å². The Morgan fingerprint density at radius 2 is 1.81 bits per heavy atom. The Morgan fingerprint density at radius 3 is 2.43 bits per heavy atom.